The van der Waals surface area contributed by atoms with Gasteiger partial charge in [0.25, 0.3) is 5.91 Å². The number of aromatic nitrogens is 3. The maximum Gasteiger partial charge on any atom is 0.257 e. The van der Waals surface area contributed by atoms with Crippen molar-refractivity contribution in [3.63, 3.8) is 0 Å². The Balaban J connectivity index is 1.68. The molecule has 0 radical (unpaired) electrons. The molecule has 2 aromatic heterocycles. The van der Waals surface area contributed by atoms with Gasteiger partial charge >= 0.3 is 0 Å². The van der Waals surface area contributed by atoms with Crippen molar-refractivity contribution in [1.82, 2.24) is 20.1 Å². The van der Waals surface area contributed by atoms with Crippen LogP contribution in [0, 0.1) is 6.92 Å². The second-order valence-electron chi connectivity index (χ2n) is 5.28. The van der Waals surface area contributed by atoms with Gasteiger partial charge in [-0.3, -0.25) is 14.9 Å². The van der Waals surface area contributed by atoms with Crippen LogP contribution >= 0.6 is 0 Å². The van der Waals surface area contributed by atoms with E-state index in [9.17, 15) is 4.79 Å². The first-order chi connectivity index (χ1) is 10.2. The van der Waals surface area contributed by atoms with Crippen molar-refractivity contribution in [1.29, 1.82) is 0 Å². The van der Waals surface area contributed by atoms with Crippen LogP contribution in [0.5, 0.6) is 0 Å². The van der Waals surface area contributed by atoms with Gasteiger partial charge in [0.05, 0.1) is 11.8 Å². The summed E-state index contributed by atoms with van der Waals surface area (Å²) in [5, 5.41) is 6.54. The van der Waals surface area contributed by atoms with Gasteiger partial charge in [-0.25, -0.2) is 0 Å². The van der Waals surface area contributed by atoms with Crippen LogP contribution in [0.3, 0.4) is 0 Å². The van der Waals surface area contributed by atoms with Crippen molar-refractivity contribution >= 4 is 11.6 Å². The largest absolute Gasteiger partial charge is 0.370 e. The summed E-state index contributed by atoms with van der Waals surface area (Å²) in [6.07, 6.45) is 6.03. The third-order valence-electron chi connectivity index (χ3n) is 3.77. The van der Waals surface area contributed by atoms with Crippen LogP contribution in [0.4, 0.5) is 5.69 Å². The summed E-state index contributed by atoms with van der Waals surface area (Å²) in [6.45, 7) is 5.30. The molecule has 6 nitrogen and oxygen atoms in total. The molecule has 3 rings (SSSR count). The zero-order valence-electron chi connectivity index (χ0n) is 12.1. The van der Waals surface area contributed by atoms with E-state index < -0.39 is 0 Å². The second-order valence-corrected chi connectivity index (χ2v) is 5.28. The number of pyridine rings is 1. The van der Waals surface area contributed by atoms with Gasteiger partial charge in [0.15, 0.2) is 0 Å². The molecule has 21 heavy (non-hydrogen) atoms. The first kappa shape index (κ1) is 13.6. The molecule has 3 heterocycles. The van der Waals surface area contributed by atoms with Crippen molar-refractivity contribution in [2.75, 3.05) is 31.1 Å². The normalized spacial score (nSPS) is 15.9. The Kier molecular flexibility index (Phi) is 3.85. The lowest BCUT2D eigenvalue weighted by Crippen LogP contribution is -2.35. The Morgan fingerprint density at radius 3 is 2.95 bits per heavy atom. The highest BCUT2D eigenvalue weighted by Crippen LogP contribution is 2.17. The average Bonchev–Trinajstić information content (AvgIpc) is 2.91. The molecule has 0 atom stereocenters. The molecule has 6 heteroatoms. The standard InChI is InChI=1S/C15H19N5O/c1-12-9-14(3-4-16-12)19-5-2-6-20(8-7-19)15(21)13-10-17-18-11-13/h3-4,9-11H,2,5-8H2,1H3,(H,17,18). The number of H-pyrrole nitrogens is 1. The fourth-order valence-electron chi connectivity index (χ4n) is 2.66. The van der Waals surface area contributed by atoms with Crippen LogP contribution in [0.15, 0.2) is 30.7 Å². The summed E-state index contributed by atoms with van der Waals surface area (Å²) in [5.74, 6) is 0.0523. The highest BCUT2D eigenvalue weighted by molar-refractivity contribution is 5.93. The van der Waals surface area contributed by atoms with Crippen molar-refractivity contribution in [2.24, 2.45) is 0 Å². The van der Waals surface area contributed by atoms with Crippen LogP contribution < -0.4 is 4.90 Å². The van der Waals surface area contributed by atoms with Crippen LogP contribution in [0.1, 0.15) is 22.5 Å². The van der Waals surface area contributed by atoms with Gasteiger partial charge in [-0.2, -0.15) is 5.10 Å². The molecule has 2 aromatic rings. The lowest BCUT2D eigenvalue weighted by Gasteiger charge is -2.23. The van der Waals surface area contributed by atoms with Crippen LogP contribution in [0.2, 0.25) is 0 Å². The van der Waals surface area contributed by atoms with E-state index in [1.807, 2.05) is 24.1 Å². The Bertz CT molecular complexity index is 610. The molecule has 0 spiro atoms. The number of aromatic amines is 1. The highest BCUT2D eigenvalue weighted by atomic mass is 16.2. The van der Waals surface area contributed by atoms with Crippen LogP contribution in [0.25, 0.3) is 0 Å². The molecule has 1 fully saturated rings. The van der Waals surface area contributed by atoms with Gasteiger partial charge in [-0.05, 0) is 25.5 Å². The predicted molar refractivity (Wildman–Crippen MR) is 80.3 cm³/mol. The number of hydrogen-bond donors (Lipinski definition) is 1. The number of hydrogen-bond acceptors (Lipinski definition) is 4. The van der Waals surface area contributed by atoms with Gasteiger partial charge < -0.3 is 9.80 Å². The minimum atomic E-state index is 0.0523. The second kappa shape index (κ2) is 5.95. The molecule has 1 aliphatic rings. The smallest absolute Gasteiger partial charge is 0.257 e. The number of amides is 1. The zero-order valence-corrected chi connectivity index (χ0v) is 12.1. The molecule has 0 aromatic carbocycles. The summed E-state index contributed by atoms with van der Waals surface area (Å²) >= 11 is 0. The summed E-state index contributed by atoms with van der Waals surface area (Å²) in [7, 11) is 0. The van der Waals surface area contributed by atoms with E-state index in [0.717, 1.165) is 38.3 Å². The van der Waals surface area contributed by atoms with E-state index in [4.69, 9.17) is 0 Å². The maximum absolute atomic E-state index is 12.3. The third kappa shape index (κ3) is 3.04. The minimum absolute atomic E-state index is 0.0523. The first-order valence-corrected chi connectivity index (χ1v) is 7.20. The SMILES string of the molecule is Cc1cc(N2CCCN(C(=O)c3cn[nH]c3)CC2)ccn1. The number of carbonyl (C=O) groups is 1. The number of carbonyl (C=O) groups excluding carboxylic acids is 1. The molecule has 1 aliphatic heterocycles. The quantitative estimate of drug-likeness (QED) is 0.907. The van der Waals surface area contributed by atoms with E-state index in [-0.39, 0.29) is 5.91 Å². The lowest BCUT2D eigenvalue weighted by atomic mass is 10.3. The molecule has 0 bridgehead atoms. The van der Waals surface area contributed by atoms with E-state index in [1.54, 1.807) is 12.4 Å². The van der Waals surface area contributed by atoms with Crippen LogP contribution in [-0.2, 0) is 0 Å². The van der Waals surface area contributed by atoms with Crippen molar-refractivity contribution in [3.8, 4) is 0 Å². The third-order valence-corrected chi connectivity index (χ3v) is 3.77. The number of aryl methyl sites for hydroxylation is 1. The summed E-state index contributed by atoms with van der Waals surface area (Å²) in [5.41, 5.74) is 2.83. The van der Waals surface area contributed by atoms with Gasteiger partial charge in [-0.1, -0.05) is 0 Å². The number of anilines is 1. The topological polar surface area (TPSA) is 65.1 Å². The Morgan fingerprint density at radius 1 is 1.29 bits per heavy atom. The predicted octanol–water partition coefficient (Wildman–Crippen LogP) is 1.47. The van der Waals surface area contributed by atoms with Crippen molar-refractivity contribution < 1.29 is 4.79 Å². The molecule has 0 saturated carbocycles. The monoisotopic (exact) mass is 285 g/mol. The summed E-state index contributed by atoms with van der Waals surface area (Å²) in [4.78, 5) is 20.8. The highest BCUT2D eigenvalue weighted by Gasteiger charge is 2.21. The lowest BCUT2D eigenvalue weighted by molar-refractivity contribution is 0.0767. The Hall–Kier alpha value is -2.37. The van der Waals surface area contributed by atoms with Crippen molar-refractivity contribution in [2.45, 2.75) is 13.3 Å². The number of nitrogens with one attached hydrogen (secondary N) is 1. The zero-order chi connectivity index (χ0) is 14.7. The number of nitrogens with zero attached hydrogens (tertiary/aromatic N) is 4. The molecular formula is C15H19N5O. The van der Waals surface area contributed by atoms with E-state index in [0.29, 0.717) is 5.56 Å². The fourth-order valence-corrected chi connectivity index (χ4v) is 2.66. The minimum Gasteiger partial charge on any atom is -0.370 e. The maximum atomic E-state index is 12.3. The average molecular weight is 285 g/mol. The van der Waals surface area contributed by atoms with Crippen LogP contribution in [-0.4, -0.2) is 52.2 Å². The molecular weight excluding hydrogens is 266 g/mol. The Morgan fingerprint density at radius 2 is 2.19 bits per heavy atom. The molecule has 0 unspecified atom stereocenters. The van der Waals surface area contributed by atoms with Crippen molar-refractivity contribution in [3.05, 3.63) is 42.0 Å². The molecule has 1 amide bonds. The summed E-state index contributed by atoms with van der Waals surface area (Å²) in [6, 6.07) is 4.12. The Labute approximate surface area is 123 Å². The summed E-state index contributed by atoms with van der Waals surface area (Å²) < 4.78 is 0. The molecule has 0 aliphatic carbocycles. The van der Waals surface area contributed by atoms with E-state index >= 15 is 0 Å². The van der Waals surface area contributed by atoms with Gasteiger partial charge in [0.2, 0.25) is 0 Å². The fraction of sp³-hybridized carbons (Fsp3) is 0.400. The first-order valence-electron chi connectivity index (χ1n) is 7.20. The number of rotatable bonds is 2. The van der Waals surface area contributed by atoms with Gasteiger partial charge in [0.1, 0.15) is 0 Å². The molecule has 1 N–H and O–H groups in total. The van der Waals surface area contributed by atoms with Gasteiger partial charge in [0, 0.05) is 50.0 Å². The molecule has 1 saturated heterocycles. The van der Waals surface area contributed by atoms with Gasteiger partial charge in [-0.15, -0.1) is 0 Å². The molecule has 110 valence electrons. The van der Waals surface area contributed by atoms with E-state index in [1.165, 1.54) is 5.69 Å². The van der Waals surface area contributed by atoms with E-state index in [2.05, 4.69) is 26.1 Å².